The highest BCUT2D eigenvalue weighted by molar-refractivity contribution is 5.95. The Morgan fingerprint density at radius 2 is 1.93 bits per heavy atom. The molecule has 2 aromatic heterocycles. The van der Waals surface area contributed by atoms with Crippen LogP contribution in [-0.2, 0) is 6.54 Å². The average Bonchev–Trinajstić information content (AvgIpc) is 3.33. The Kier molecular flexibility index (Phi) is 5.23. The highest BCUT2D eigenvalue weighted by Crippen LogP contribution is 2.24. The van der Waals surface area contributed by atoms with Gasteiger partial charge in [-0.25, -0.2) is 9.07 Å². The van der Waals surface area contributed by atoms with Crippen molar-refractivity contribution in [3.05, 3.63) is 65.9 Å². The van der Waals surface area contributed by atoms with E-state index >= 15 is 0 Å². The number of aromatic nitrogens is 4. The molecule has 1 aliphatic carbocycles. The van der Waals surface area contributed by atoms with E-state index in [1.807, 2.05) is 35.2 Å². The summed E-state index contributed by atoms with van der Waals surface area (Å²) < 4.78 is 17.0. The molecule has 28 heavy (non-hydrogen) atoms. The van der Waals surface area contributed by atoms with Crippen LogP contribution in [0.1, 0.15) is 48.7 Å². The molecule has 1 saturated carbocycles. The van der Waals surface area contributed by atoms with E-state index in [0.29, 0.717) is 12.4 Å². The first kappa shape index (κ1) is 18.4. The second kappa shape index (κ2) is 7.96. The van der Waals surface area contributed by atoms with Crippen molar-refractivity contribution in [3.8, 4) is 5.82 Å². The van der Waals surface area contributed by atoms with Crippen LogP contribution in [0.4, 0.5) is 4.39 Å². The number of nitrogens with zero attached hydrogens (tertiary/aromatic N) is 4. The lowest BCUT2D eigenvalue weighted by Crippen LogP contribution is -2.38. The fraction of sp³-hybridized carbons (Fsp3) is 0.381. The second-order valence-corrected chi connectivity index (χ2v) is 7.57. The minimum absolute atomic E-state index is 0.176. The Balaban J connectivity index is 1.60. The molecule has 4 rings (SSSR count). The molecule has 3 aromatic rings. The highest BCUT2D eigenvalue weighted by atomic mass is 19.1. The SMILES string of the molecule is CC1CCC(NC(=O)c2nnn(Cc3cccc(F)c3)c2-n2cccc2)CC1. The fourth-order valence-corrected chi connectivity index (χ4v) is 3.76. The van der Waals surface area contributed by atoms with E-state index < -0.39 is 0 Å². The number of carbonyl (C=O) groups excluding carboxylic acids is 1. The normalized spacial score (nSPS) is 19.5. The molecule has 1 N–H and O–H groups in total. The van der Waals surface area contributed by atoms with Crippen molar-refractivity contribution in [2.75, 3.05) is 0 Å². The molecule has 7 heteroatoms. The van der Waals surface area contributed by atoms with Crippen molar-refractivity contribution in [2.24, 2.45) is 5.92 Å². The topological polar surface area (TPSA) is 64.7 Å². The predicted molar refractivity (Wildman–Crippen MR) is 104 cm³/mol. The van der Waals surface area contributed by atoms with Crippen LogP contribution < -0.4 is 5.32 Å². The Bertz CT molecular complexity index is 942. The number of amides is 1. The number of hydrogen-bond acceptors (Lipinski definition) is 3. The van der Waals surface area contributed by atoms with E-state index in [9.17, 15) is 9.18 Å². The van der Waals surface area contributed by atoms with E-state index in [4.69, 9.17) is 0 Å². The maximum Gasteiger partial charge on any atom is 0.275 e. The summed E-state index contributed by atoms with van der Waals surface area (Å²) in [6, 6.07) is 10.3. The molecule has 1 amide bonds. The zero-order valence-corrected chi connectivity index (χ0v) is 15.9. The molecule has 6 nitrogen and oxygen atoms in total. The van der Waals surface area contributed by atoms with E-state index in [0.717, 1.165) is 37.2 Å². The minimum Gasteiger partial charge on any atom is -0.348 e. The van der Waals surface area contributed by atoms with Crippen LogP contribution in [0.3, 0.4) is 0 Å². The number of benzene rings is 1. The third-order valence-electron chi connectivity index (χ3n) is 5.35. The number of nitrogens with one attached hydrogen (secondary N) is 1. The summed E-state index contributed by atoms with van der Waals surface area (Å²) in [7, 11) is 0. The van der Waals surface area contributed by atoms with Gasteiger partial charge in [0, 0.05) is 18.4 Å². The van der Waals surface area contributed by atoms with E-state index in [-0.39, 0.29) is 23.5 Å². The summed E-state index contributed by atoms with van der Waals surface area (Å²) in [5.41, 5.74) is 1.04. The zero-order chi connectivity index (χ0) is 19.5. The third kappa shape index (κ3) is 3.98. The molecule has 1 aliphatic rings. The van der Waals surface area contributed by atoms with Crippen LogP contribution in [0.5, 0.6) is 0 Å². The Labute approximate surface area is 163 Å². The maximum absolute atomic E-state index is 13.6. The predicted octanol–water partition coefficient (Wildman–Crippen LogP) is 3.56. The highest BCUT2D eigenvalue weighted by Gasteiger charge is 2.25. The molecule has 0 radical (unpaired) electrons. The largest absolute Gasteiger partial charge is 0.348 e. The van der Waals surface area contributed by atoms with Crippen LogP contribution in [0.2, 0.25) is 0 Å². The summed E-state index contributed by atoms with van der Waals surface area (Å²) in [5.74, 6) is 0.782. The lowest BCUT2D eigenvalue weighted by molar-refractivity contribution is 0.0918. The van der Waals surface area contributed by atoms with Gasteiger partial charge in [0.1, 0.15) is 5.82 Å². The molecule has 0 saturated heterocycles. The molecular formula is C21H24FN5O. The maximum atomic E-state index is 13.6. The number of halogens is 1. The molecule has 0 aliphatic heterocycles. The van der Waals surface area contributed by atoms with Gasteiger partial charge in [-0.05, 0) is 61.4 Å². The van der Waals surface area contributed by atoms with Crippen LogP contribution in [-0.4, -0.2) is 31.5 Å². The molecule has 1 fully saturated rings. The first-order valence-corrected chi connectivity index (χ1v) is 9.72. The van der Waals surface area contributed by atoms with Crippen molar-refractivity contribution >= 4 is 5.91 Å². The molecule has 0 unspecified atom stereocenters. The van der Waals surface area contributed by atoms with Crippen molar-refractivity contribution < 1.29 is 9.18 Å². The van der Waals surface area contributed by atoms with Gasteiger partial charge < -0.3 is 9.88 Å². The van der Waals surface area contributed by atoms with Crippen LogP contribution in [0.25, 0.3) is 5.82 Å². The number of hydrogen-bond donors (Lipinski definition) is 1. The fourth-order valence-electron chi connectivity index (χ4n) is 3.76. The van der Waals surface area contributed by atoms with Crippen LogP contribution in [0, 0.1) is 11.7 Å². The van der Waals surface area contributed by atoms with Gasteiger partial charge in [0.25, 0.3) is 5.91 Å². The first-order chi connectivity index (χ1) is 13.6. The quantitative estimate of drug-likeness (QED) is 0.735. The van der Waals surface area contributed by atoms with Gasteiger partial charge in [0.15, 0.2) is 11.5 Å². The van der Waals surface area contributed by atoms with Gasteiger partial charge >= 0.3 is 0 Å². The Morgan fingerprint density at radius 1 is 1.18 bits per heavy atom. The summed E-state index contributed by atoms with van der Waals surface area (Å²) in [6.45, 7) is 2.58. The first-order valence-electron chi connectivity index (χ1n) is 9.72. The monoisotopic (exact) mass is 381 g/mol. The number of carbonyl (C=O) groups is 1. The molecule has 0 atom stereocenters. The van der Waals surface area contributed by atoms with Crippen LogP contribution in [0.15, 0.2) is 48.8 Å². The smallest absolute Gasteiger partial charge is 0.275 e. The summed E-state index contributed by atoms with van der Waals surface area (Å²) in [5, 5.41) is 11.5. The Hall–Kier alpha value is -2.96. The second-order valence-electron chi connectivity index (χ2n) is 7.57. The van der Waals surface area contributed by atoms with Gasteiger partial charge in [-0.2, -0.15) is 0 Å². The third-order valence-corrected chi connectivity index (χ3v) is 5.35. The van der Waals surface area contributed by atoms with Crippen molar-refractivity contribution in [1.82, 2.24) is 24.9 Å². The number of rotatable bonds is 5. The molecule has 1 aromatic carbocycles. The summed E-state index contributed by atoms with van der Waals surface area (Å²) >= 11 is 0. The van der Waals surface area contributed by atoms with E-state index in [1.54, 1.807) is 10.7 Å². The van der Waals surface area contributed by atoms with E-state index in [2.05, 4.69) is 22.6 Å². The van der Waals surface area contributed by atoms with Crippen molar-refractivity contribution in [1.29, 1.82) is 0 Å². The van der Waals surface area contributed by atoms with Gasteiger partial charge in [0.2, 0.25) is 0 Å². The Morgan fingerprint density at radius 3 is 2.64 bits per heavy atom. The lowest BCUT2D eigenvalue weighted by Gasteiger charge is -2.26. The molecular weight excluding hydrogens is 357 g/mol. The van der Waals surface area contributed by atoms with Crippen LogP contribution >= 0.6 is 0 Å². The molecule has 0 spiro atoms. The van der Waals surface area contributed by atoms with Crippen molar-refractivity contribution in [2.45, 2.75) is 45.2 Å². The van der Waals surface area contributed by atoms with Crippen molar-refractivity contribution in [3.63, 3.8) is 0 Å². The van der Waals surface area contributed by atoms with Gasteiger partial charge in [-0.3, -0.25) is 4.79 Å². The average molecular weight is 381 g/mol. The lowest BCUT2D eigenvalue weighted by atomic mass is 9.87. The van der Waals surface area contributed by atoms with Gasteiger partial charge in [-0.1, -0.05) is 24.3 Å². The standard InChI is InChI=1S/C21H24FN5O/c1-15-7-9-18(10-8-15)23-20(28)19-21(26-11-2-3-12-26)27(25-24-19)14-16-5-4-6-17(22)13-16/h2-6,11-13,15,18H,7-10,14H2,1H3,(H,23,28). The summed E-state index contributed by atoms with van der Waals surface area (Å²) in [6.07, 6.45) is 7.93. The van der Waals surface area contributed by atoms with Gasteiger partial charge in [-0.15, -0.1) is 5.10 Å². The zero-order valence-electron chi connectivity index (χ0n) is 15.9. The summed E-state index contributed by atoms with van der Waals surface area (Å²) in [4.78, 5) is 12.9. The minimum atomic E-state index is -0.301. The molecule has 0 bridgehead atoms. The molecule has 2 heterocycles. The van der Waals surface area contributed by atoms with E-state index in [1.165, 1.54) is 12.1 Å². The van der Waals surface area contributed by atoms with Gasteiger partial charge in [0.05, 0.1) is 6.54 Å². The molecule has 146 valence electrons.